The lowest BCUT2D eigenvalue weighted by atomic mass is 10.2. The molecular weight excluding hydrogens is 410 g/mol. The third kappa shape index (κ3) is 5.13. The standard InChI is InChI=1S/C21H18ClN3O3S/c22-16-5-3-15(4-6-16)17-12-24-21(25-17)29-10-9-23-20(26)8-2-14-1-7-18-19(11-14)28-13-27-18/h1-8,11-12H,9-10,13H2,(H,23,26)(H,24,25). The van der Waals surface area contributed by atoms with Crippen molar-refractivity contribution in [2.45, 2.75) is 5.16 Å². The molecule has 0 unspecified atom stereocenters. The van der Waals surface area contributed by atoms with Gasteiger partial charge in [0.2, 0.25) is 12.7 Å². The van der Waals surface area contributed by atoms with Crippen molar-refractivity contribution in [2.75, 3.05) is 19.1 Å². The van der Waals surface area contributed by atoms with Crippen LogP contribution >= 0.6 is 23.4 Å². The minimum Gasteiger partial charge on any atom is -0.454 e. The second-order valence-electron chi connectivity index (χ2n) is 6.19. The van der Waals surface area contributed by atoms with E-state index in [9.17, 15) is 4.79 Å². The van der Waals surface area contributed by atoms with Crippen LogP contribution in [0.3, 0.4) is 0 Å². The first-order valence-corrected chi connectivity index (χ1v) is 10.3. The minimum atomic E-state index is -0.149. The number of thioether (sulfide) groups is 1. The Hall–Kier alpha value is -2.90. The number of rotatable bonds is 7. The van der Waals surface area contributed by atoms with Crippen LogP contribution in [-0.2, 0) is 4.79 Å². The molecule has 0 spiro atoms. The number of ether oxygens (including phenoxy) is 2. The summed E-state index contributed by atoms with van der Waals surface area (Å²) in [6.45, 7) is 0.767. The van der Waals surface area contributed by atoms with Crippen molar-refractivity contribution >= 4 is 35.3 Å². The summed E-state index contributed by atoms with van der Waals surface area (Å²) < 4.78 is 10.6. The number of aromatic amines is 1. The van der Waals surface area contributed by atoms with Gasteiger partial charge in [0, 0.05) is 23.4 Å². The molecular formula is C21H18ClN3O3S. The molecule has 1 aliphatic heterocycles. The predicted molar refractivity (Wildman–Crippen MR) is 114 cm³/mol. The molecule has 148 valence electrons. The molecule has 6 nitrogen and oxygen atoms in total. The maximum Gasteiger partial charge on any atom is 0.244 e. The molecule has 0 bridgehead atoms. The fraction of sp³-hybridized carbons (Fsp3) is 0.143. The Morgan fingerprint density at radius 3 is 2.90 bits per heavy atom. The lowest BCUT2D eigenvalue weighted by Crippen LogP contribution is -2.23. The number of aromatic nitrogens is 2. The summed E-state index contributed by atoms with van der Waals surface area (Å²) in [4.78, 5) is 19.6. The van der Waals surface area contributed by atoms with Gasteiger partial charge < -0.3 is 19.8 Å². The average Bonchev–Trinajstić information content (AvgIpc) is 3.39. The van der Waals surface area contributed by atoms with E-state index in [2.05, 4.69) is 15.3 Å². The highest BCUT2D eigenvalue weighted by Crippen LogP contribution is 2.32. The van der Waals surface area contributed by atoms with E-state index in [1.54, 1.807) is 24.0 Å². The molecule has 3 aromatic rings. The topological polar surface area (TPSA) is 76.2 Å². The van der Waals surface area contributed by atoms with Gasteiger partial charge in [0.05, 0.1) is 11.9 Å². The first-order chi connectivity index (χ1) is 14.2. The predicted octanol–water partition coefficient (Wildman–Crippen LogP) is 4.38. The number of carbonyl (C=O) groups excluding carboxylic acids is 1. The summed E-state index contributed by atoms with van der Waals surface area (Å²) in [5, 5.41) is 4.37. The van der Waals surface area contributed by atoms with Crippen LogP contribution in [0.1, 0.15) is 5.56 Å². The Labute approximate surface area is 177 Å². The summed E-state index contributed by atoms with van der Waals surface area (Å²) in [6.07, 6.45) is 5.04. The van der Waals surface area contributed by atoms with E-state index >= 15 is 0 Å². The number of nitrogens with one attached hydrogen (secondary N) is 2. The summed E-state index contributed by atoms with van der Waals surface area (Å²) in [5.41, 5.74) is 2.83. The fourth-order valence-corrected chi connectivity index (χ4v) is 3.55. The van der Waals surface area contributed by atoms with E-state index in [-0.39, 0.29) is 12.7 Å². The van der Waals surface area contributed by atoms with Crippen LogP contribution < -0.4 is 14.8 Å². The van der Waals surface area contributed by atoms with Gasteiger partial charge in [-0.15, -0.1) is 0 Å². The lowest BCUT2D eigenvalue weighted by Gasteiger charge is -2.01. The fourth-order valence-electron chi connectivity index (χ4n) is 2.72. The third-order valence-electron chi connectivity index (χ3n) is 4.17. The molecule has 2 heterocycles. The molecule has 0 atom stereocenters. The maximum absolute atomic E-state index is 12.0. The monoisotopic (exact) mass is 427 g/mol. The Kier molecular flexibility index (Phi) is 6.07. The van der Waals surface area contributed by atoms with Gasteiger partial charge in [-0.3, -0.25) is 4.79 Å². The number of carbonyl (C=O) groups is 1. The van der Waals surface area contributed by atoms with Crippen LogP contribution in [0.5, 0.6) is 11.5 Å². The number of hydrogen-bond acceptors (Lipinski definition) is 5. The van der Waals surface area contributed by atoms with Crippen molar-refractivity contribution in [1.29, 1.82) is 0 Å². The second-order valence-corrected chi connectivity index (χ2v) is 7.71. The Morgan fingerprint density at radius 1 is 1.21 bits per heavy atom. The number of halogens is 1. The molecule has 2 aromatic carbocycles. The summed E-state index contributed by atoms with van der Waals surface area (Å²) >= 11 is 7.46. The molecule has 0 fully saturated rings. The molecule has 8 heteroatoms. The van der Waals surface area contributed by atoms with E-state index < -0.39 is 0 Å². The van der Waals surface area contributed by atoms with Gasteiger partial charge in [-0.1, -0.05) is 41.6 Å². The number of amides is 1. The first-order valence-electron chi connectivity index (χ1n) is 8.97. The smallest absolute Gasteiger partial charge is 0.244 e. The van der Waals surface area contributed by atoms with Gasteiger partial charge in [0.25, 0.3) is 0 Å². The minimum absolute atomic E-state index is 0.149. The highest BCUT2D eigenvalue weighted by Gasteiger charge is 2.12. The molecule has 1 aliphatic rings. The molecule has 0 saturated heterocycles. The SMILES string of the molecule is O=C(C=Cc1ccc2c(c1)OCO2)NCCSc1ncc(-c2ccc(Cl)cc2)[nH]1. The van der Waals surface area contributed by atoms with Crippen molar-refractivity contribution in [3.63, 3.8) is 0 Å². The van der Waals surface area contributed by atoms with Gasteiger partial charge in [-0.05, 0) is 41.5 Å². The zero-order valence-electron chi connectivity index (χ0n) is 15.4. The Morgan fingerprint density at radius 2 is 2.03 bits per heavy atom. The molecule has 29 heavy (non-hydrogen) atoms. The first kappa shape index (κ1) is 19.4. The molecule has 0 saturated carbocycles. The van der Waals surface area contributed by atoms with Crippen molar-refractivity contribution < 1.29 is 14.3 Å². The van der Waals surface area contributed by atoms with Crippen LogP contribution in [0.2, 0.25) is 5.02 Å². The van der Waals surface area contributed by atoms with Crippen LogP contribution in [-0.4, -0.2) is 35.0 Å². The number of H-pyrrole nitrogens is 1. The summed E-state index contributed by atoms with van der Waals surface area (Å²) in [5.74, 6) is 1.97. The second kappa shape index (κ2) is 9.07. The zero-order chi connectivity index (χ0) is 20.1. The molecule has 2 N–H and O–H groups in total. The van der Waals surface area contributed by atoms with Gasteiger partial charge in [0.1, 0.15) is 0 Å². The molecule has 0 radical (unpaired) electrons. The largest absolute Gasteiger partial charge is 0.454 e. The van der Waals surface area contributed by atoms with Crippen molar-refractivity contribution in [3.8, 4) is 22.8 Å². The average molecular weight is 428 g/mol. The number of imidazole rings is 1. The normalized spacial score (nSPS) is 12.4. The van der Waals surface area contributed by atoms with E-state index in [1.807, 2.05) is 42.5 Å². The molecule has 1 aromatic heterocycles. The molecule has 4 rings (SSSR count). The van der Waals surface area contributed by atoms with Gasteiger partial charge in [-0.2, -0.15) is 0 Å². The highest BCUT2D eigenvalue weighted by atomic mass is 35.5. The van der Waals surface area contributed by atoms with Crippen molar-refractivity contribution in [3.05, 3.63) is 65.3 Å². The third-order valence-corrected chi connectivity index (χ3v) is 5.31. The van der Waals surface area contributed by atoms with Crippen LogP contribution in [0, 0.1) is 0 Å². The quantitative estimate of drug-likeness (QED) is 0.332. The van der Waals surface area contributed by atoms with Crippen molar-refractivity contribution in [2.24, 2.45) is 0 Å². The maximum atomic E-state index is 12.0. The summed E-state index contributed by atoms with van der Waals surface area (Å²) in [7, 11) is 0. The Balaban J connectivity index is 1.21. The van der Waals surface area contributed by atoms with Gasteiger partial charge in [-0.25, -0.2) is 4.98 Å². The zero-order valence-corrected chi connectivity index (χ0v) is 16.9. The van der Waals surface area contributed by atoms with Crippen LogP contribution in [0.15, 0.2) is 59.9 Å². The summed E-state index contributed by atoms with van der Waals surface area (Å²) in [6, 6.07) is 13.1. The van der Waals surface area contributed by atoms with E-state index in [0.29, 0.717) is 23.1 Å². The van der Waals surface area contributed by atoms with Gasteiger partial charge in [0.15, 0.2) is 16.7 Å². The number of fused-ring (bicyclic) bond motifs is 1. The van der Waals surface area contributed by atoms with Gasteiger partial charge >= 0.3 is 0 Å². The Bertz CT molecular complexity index is 1030. The number of hydrogen-bond donors (Lipinski definition) is 2. The van der Waals surface area contributed by atoms with E-state index in [0.717, 1.165) is 27.7 Å². The number of benzene rings is 2. The van der Waals surface area contributed by atoms with Crippen LogP contribution in [0.25, 0.3) is 17.3 Å². The van der Waals surface area contributed by atoms with Crippen molar-refractivity contribution in [1.82, 2.24) is 15.3 Å². The van der Waals surface area contributed by atoms with Crippen LogP contribution in [0.4, 0.5) is 0 Å². The van der Waals surface area contributed by atoms with E-state index in [4.69, 9.17) is 21.1 Å². The number of nitrogens with zero attached hydrogens (tertiary/aromatic N) is 1. The molecule has 1 amide bonds. The van der Waals surface area contributed by atoms with E-state index in [1.165, 1.54) is 6.08 Å². The lowest BCUT2D eigenvalue weighted by molar-refractivity contribution is -0.116. The molecule has 0 aliphatic carbocycles. The highest BCUT2D eigenvalue weighted by molar-refractivity contribution is 7.99.